The van der Waals surface area contributed by atoms with Crippen LogP contribution in [0.4, 0.5) is 5.69 Å². The van der Waals surface area contributed by atoms with Gasteiger partial charge in [0.1, 0.15) is 0 Å². The summed E-state index contributed by atoms with van der Waals surface area (Å²) in [6.45, 7) is 0.887. The van der Waals surface area contributed by atoms with Gasteiger partial charge in [-0.3, -0.25) is 4.79 Å². The molecule has 1 aromatic carbocycles. The Hall–Kier alpha value is -1.64. The highest BCUT2D eigenvalue weighted by molar-refractivity contribution is 7.89. The van der Waals surface area contributed by atoms with E-state index in [0.29, 0.717) is 13.2 Å². The quantitative estimate of drug-likeness (QED) is 0.564. The maximum Gasteiger partial charge on any atom is 0.240 e. The summed E-state index contributed by atoms with van der Waals surface area (Å²) in [6, 6.07) is 6.36. The molecule has 1 amide bonds. The van der Waals surface area contributed by atoms with Gasteiger partial charge in [-0.15, -0.1) is 0 Å². The first-order chi connectivity index (χ1) is 9.99. The fraction of sp³-hybridized carbons (Fsp3) is 0.462. The second-order valence-corrected chi connectivity index (χ2v) is 6.03. The minimum atomic E-state index is -3.59. The second kappa shape index (κ2) is 8.60. The van der Waals surface area contributed by atoms with Crippen molar-refractivity contribution in [2.24, 2.45) is 0 Å². The number of benzene rings is 1. The lowest BCUT2D eigenvalue weighted by Gasteiger charge is -2.08. The lowest BCUT2D eigenvalue weighted by Crippen LogP contribution is -2.32. The number of methoxy groups -OCH3 is 1. The predicted octanol–water partition coefficient (Wildman–Crippen LogP) is 0.159. The summed E-state index contributed by atoms with van der Waals surface area (Å²) < 4.78 is 31.2. The molecule has 0 atom stereocenters. The van der Waals surface area contributed by atoms with Gasteiger partial charge >= 0.3 is 0 Å². The molecule has 21 heavy (non-hydrogen) atoms. The molecule has 0 heterocycles. The van der Waals surface area contributed by atoms with Gasteiger partial charge in [0.05, 0.1) is 11.5 Å². The summed E-state index contributed by atoms with van der Waals surface area (Å²) in [7, 11) is -0.293. The minimum Gasteiger partial charge on any atom is -0.388 e. The van der Waals surface area contributed by atoms with Crippen molar-refractivity contribution in [1.82, 2.24) is 10.0 Å². The van der Waals surface area contributed by atoms with Gasteiger partial charge in [0.25, 0.3) is 0 Å². The van der Waals surface area contributed by atoms with Crippen LogP contribution in [0.1, 0.15) is 6.42 Å². The van der Waals surface area contributed by atoms with E-state index in [1.54, 1.807) is 26.3 Å². The Kier molecular flexibility index (Phi) is 7.13. The molecule has 0 aliphatic heterocycles. The van der Waals surface area contributed by atoms with Crippen LogP contribution >= 0.6 is 0 Å². The molecule has 0 saturated heterocycles. The summed E-state index contributed by atoms with van der Waals surface area (Å²) in [4.78, 5) is 11.6. The Labute approximate surface area is 125 Å². The van der Waals surface area contributed by atoms with Crippen LogP contribution in [-0.2, 0) is 19.6 Å². The van der Waals surface area contributed by atoms with E-state index < -0.39 is 10.0 Å². The number of hydrogen-bond donors (Lipinski definition) is 3. The third-order valence-corrected chi connectivity index (χ3v) is 4.20. The van der Waals surface area contributed by atoms with Gasteiger partial charge in [-0.2, -0.15) is 0 Å². The van der Waals surface area contributed by atoms with Crippen LogP contribution in [0.3, 0.4) is 0 Å². The van der Waals surface area contributed by atoms with Crippen LogP contribution in [0.2, 0.25) is 0 Å². The molecular weight excluding hydrogens is 294 g/mol. The van der Waals surface area contributed by atoms with Gasteiger partial charge in [0.2, 0.25) is 15.9 Å². The highest BCUT2D eigenvalue weighted by atomic mass is 32.2. The number of rotatable bonds is 9. The van der Waals surface area contributed by atoms with Gasteiger partial charge < -0.3 is 15.4 Å². The SMILES string of the molecule is CNc1ccc(S(=O)(=O)NCCC(=O)NCCOC)cc1. The van der Waals surface area contributed by atoms with E-state index in [0.717, 1.165) is 5.69 Å². The van der Waals surface area contributed by atoms with Crippen molar-refractivity contribution >= 4 is 21.6 Å². The Morgan fingerprint density at radius 3 is 2.43 bits per heavy atom. The number of carbonyl (C=O) groups is 1. The number of carbonyl (C=O) groups excluding carboxylic acids is 1. The van der Waals surface area contributed by atoms with Gasteiger partial charge in [-0.1, -0.05) is 0 Å². The van der Waals surface area contributed by atoms with E-state index in [1.807, 2.05) is 0 Å². The van der Waals surface area contributed by atoms with Crippen LogP contribution in [-0.4, -0.2) is 48.2 Å². The fourth-order valence-corrected chi connectivity index (χ4v) is 2.60. The highest BCUT2D eigenvalue weighted by Crippen LogP contribution is 2.13. The summed E-state index contributed by atoms with van der Waals surface area (Å²) >= 11 is 0. The third kappa shape index (κ3) is 6.11. The van der Waals surface area contributed by atoms with Crippen LogP contribution in [0, 0.1) is 0 Å². The maximum absolute atomic E-state index is 12.0. The first-order valence-electron chi connectivity index (χ1n) is 6.52. The van der Waals surface area contributed by atoms with Crippen molar-refractivity contribution in [1.29, 1.82) is 0 Å². The largest absolute Gasteiger partial charge is 0.388 e. The summed E-state index contributed by atoms with van der Waals surface area (Å²) in [5, 5.41) is 5.53. The fourth-order valence-electron chi connectivity index (χ4n) is 1.56. The van der Waals surface area contributed by atoms with Gasteiger partial charge in [0, 0.05) is 39.4 Å². The Morgan fingerprint density at radius 2 is 1.86 bits per heavy atom. The lowest BCUT2D eigenvalue weighted by atomic mass is 10.3. The van der Waals surface area contributed by atoms with E-state index in [4.69, 9.17) is 4.74 Å². The smallest absolute Gasteiger partial charge is 0.240 e. The Morgan fingerprint density at radius 1 is 1.19 bits per heavy atom. The molecule has 0 spiro atoms. The number of nitrogens with one attached hydrogen (secondary N) is 3. The van der Waals surface area contributed by atoms with Crippen LogP contribution in [0.15, 0.2) is 29.2 Å². The Balaban J connectivity index is 2.43. The third-order valence-electron chi connectivity index (χ3n) is 2.73. The molecule has 1 rings (SSSR count). The van der Waals surface area contributed by atoms with Crippen molar-refractivity contribution in [2.75, 3.05) is 39.2 Å². The molecule has 118 valence electrons. The van der Waals surface area contributed by atoms with Gasteiger partial charge in [-0.05, 0) is 24.3 Å². The molecule has 1 aromatic rings. The van der Waals surface area contributed by atoms with Gasteiger partial charge in [0.15, 0.2) is 0 Å². The molecule has 0 saturated carbocycles. The molecule has 0 aromatic heterocycles. The first-order valence-corrected chi connectivity index (χ1v) is 8.01. The molecule has 8 heteroatoms. The highest BCUT2D eigenvalue weighted by Gasteiger charge is 2.13. The molecule has 0 aliphatic rings. The average Bonchev–Trinajstić information content (AvgIpc) is 2.47. The zero-order valence-corrected chi connectivity index (χ0v) is 13.0. The molecule has 0 bridgehead atoms. The van der Waals surface area contributed by atoms with Crippen molar-refractivity contribution in [3.63, 3.8) is 0 Å². The molecule has 0 aliphatic carbocycles. The number of hydrogen-bond acceptors (Lipinski definition) is 5. The van der Waals surface area contributed by atoms with Crippen molar-refractivity contribution in [3.05, 3.63) is 24.3 Å². The summed E-state index contributed by atoms with van der Waals surface area (Å²) in [5.41, 5.74) is 0.825. The first kappa shape index (κ1) is 17.4. The topological polar surface area (TPSA) is 96.5 Å². The van der Waals surface area contributed by atoms with Crippen molar-refractivity contribution in [3.8, 4) is 0 Å². The molecule has 0 unspecified atom stereocenters. The molecule has 0 fully saturated rings. The number of anilines is 1. The zero-order chi connectivity index (χ0) is 15.7. The van der Waals surface area contributed by atoms with Crippen molar-refractivity contribution in [2.45, 2.75) is 11.3 Å². The molecular formula is C13H21N3O4S. The predicted molar refractivity (Wildman–Crippen MR) is 80.7 cm³/mol. The van der Waals surface area contributed by atoms with E-state index in [-0.39, 0.29) is 23.8 Å². The molecule has 7 nitrogen and oxygen atoms in total. The lowest BCUT2D eigenvalue weighted by molar-refractivity contribution is -0.121. The minimum absolute atomic E-state index is 0.0505. The monoisotopic (exact) mass is 315 g/mol. The van der Waals surface area contributed by atoms with E-state index in [2.05, 4.69) is 15.4 Å². The number of sulfonamides is 1. The van der Waals surface area contributed by atoms with E-state index in [9.17, 15) is 13.2 Å². The van der Waals surface area contributed by atoms with Crippen LogP contribution < -0.4 is 15.4 Å². The Bertz CT molecular complexity index is 543. The van der Waals surface area contributed by atoms with Crippen LogP contribution in [0.25, 0.3) is 0 Å². The van der Waals surface area contributed by atoms with Gasteiger partial charge in [-0.25, -0.2) is 13.1 Å². The average molecular weight is 315 g/mol. The van der Waals surface area contributed by atoms with E-state index in [1.165, 1.54) is 12.1 Å². The molecule has 3 N–H and O–H groups in total. The van der Waals surface area contributed by atoms with Crippen LogP contribution in [0.5, 0.6) is 0 Å². The van der Waals surface area contributed by atoms with Crippen molar-refractivity contribution < 1.29 is 17.9 Å². The standard InChI is InChI=1S/C13H21N3O4S/c1-14-11-3-5-12(6-4-11)21(18,19)16-8-7-13(17)15-9-10-20-2/h3-6,14,16H,7-10H2,1-2H3,(H,15,17). The molecule has 0 radical (unpaired) electrons. The normalized spacial score (nSPS) is 11.1. The van der Waals surface area contributed by atoms with E-state index >= 15 is 0 Å². The maximum atomic E-state index is 12.0. The summed E-state index contributed by atoms with van der Waals surface area (Å²) in [5.74, 6) is -0.222. The second-order valence-electron chi connectivity index (χ2n) is 4.26. The number of ether oxygens (including phenoxy) is 1. The summed E-state index contributed by atoms with van der Waals surface area (Å²) in [6.07, 6.45) is 0.0809. The zero-order valence-electron chi connectivity index (χ0n) is 12.2. The number of amides is 1.